The first-order valence-electron chi connectivity index (χ1n) is 13.1. The van der Waals surface area contributed by atoms with Crippen molar-refractivity contribution < 1.29 is 32.5 Å². The second-order valence-electron chi connectivity index (χ2n) is 12.7. The maximum Gasteiger partial charge on any atom is 0.192 e. The van der Waals surface area contributed by atoms with Crippen molar-refractivity contribution in [1.82, 2.24) is 0 Å². The smallest absolute Gasteiger partial charge is 0.192 e. The third-order valence-electron chi connectivity index (χ3n) is 8.40. The Morgan fingerprint density at radius 3 is 1.21 bits per heavy atom. The van der Waals surface area contributed by atoms with Gasteiger partial charge in [-0.15, -0.1) is 0 Å². The van der Waals surface area contributed by atoms with Gasteiger partial charge in [0.25, 0.3) is 0 Å². The zero-order valence-corrected chi connectivity index (χ0v) is 28.3. The molecule has 0 saturated carbocycles. The zero-order chi connectivity index (χ0) is 29.3. The molecule has 0 atom stereocenters. The molecule has 0 heterocycles. The maximum absolute atomic E-state index is 6.75. The lowest BCUT2D eigenvalue weighted by Crippen LogP contribution is -2.41. The number of fused-ring (bicyclic) bond motifs is 1. The average Bonchev–Trinajstić information content (AvgIpc) is 2.82. The SMILES string of the molecule is COc1cc(OC)c2c(OC)c(CO[Si](C)(C)C(C)(C)C)c(CO[Si](C)(C)C(C)(C)C)c(OC)c2c1OC. The Hall–Kier alpha value is -1.95. The van der Waals surface area contributed by atoms with Crippen LogP contribution in [0, 0.1) is 0 Å². The summed E-state index contributed by atoms with van der Waals surface area (Å²) in [7, 11) is 4.01. The van der Waals surface area contributed by atoms with Gasteiger partial charge in [-0.2, -0.15) is 0 Å². The summed E-state index contributed by atoms with van der Waals surface area (Å²) in [6.07, 6.45) is 0. The van der Waals surface area contributed by atoms with Gasteiger partial charge in [0.15, 0.2) is 28.1 Å². The predicted molar refractivity (Wildman–Crippen MR) is 161 cm³/mol. The van der Waals surface area contributed by atoms with Crippen molar-refractivity contribution in [3.63, 3.8) is 0 Å². The van der Waals surface area contributed by atoms with Crippen LogP contribution in [0.2, 0.25) is 36.3 Å². The average molecular weight is 567 g/mol. The van der Waals surface area contributed by atoms with Crippen molar-refractivity contribution in [2.75, 3.05) is 35.5 Å². The summed E-state index contributed by atoms with van der Waals surface area (Å²) in [6.45, 7) is 23.1. The van der Waals surface area contributed by atoms with Crippen LogP contribution in [0.25, 0.3) is 10.8 Å². The van der Waals surface area contributed by atoms with Gasteiger partial charge < -0.3 is 32.5 Å². The van der Waals surface area contributed by atoms with Gasteiger partial charge in [-0.1, -0.05) is 41.5 Å². The van der Waals surface area contributed by atoms with E-state index in [2.05, 4.69) is 67.7 Å². The second-order valence-corrected chi connectivity index (χ2v) is 22.3. The van der Waals surface area contributed by atoms with E-state index in [9.17, 15) is 0 Å². The molecular weight excluding hydrogens is 516 g/mol. The van der Waals surface area contributed by atoms with E-state index in [4.69, 9.17) is 32.5 Å². The Balaban J connectivity index is 3.00. The van der Waals surface area contributed by atoms with Crippen molar-refractivity contribution in [3.8, 4) is 28.7 Å². The lowest BCUT2D eigenvalue weighted by atomic mass is 9.96. The van der Waals surface area contributed by atoms with Crippen LogP contribution in [0.4, 0.5) is 0 Å². The molecule has 0 radical (unpaired) electrons. The van der Waals surface area contributed by atoms with Crippen LogP contribution >= 0.6 is 0 Å². The molecule has 0 aromatic heterocycles. The van der Waals surface area contributed by atoms with Crippen LogP contribution in [0.3, 0.4) is 0 Å². The van der Waals surface area contributed by atoms with Crippen molar-refractivity contribution in [2.45, 2.75) is 91.0 Å². The molecule has 0 saturated heterocycles. The first-order chi connectivity index (χ1) is 17.4. The van der Waals surface area contributed by atoms with Gasteiger partial charge in [-0.05, 0) is 36.3 Å². The summed E-state index contributed by atoms with van der Waals surface area (Å²) >= 11 is 0. The Kier molecular flexibility index (Phi) is 9.90. The summed E-state index contributed by atoms with van der Waals surface area (Å²) in [5.74, 6) is 2.98. The molecule has 0 unspecified atom stereocenters. The van der Waals surface area contributed by atoms with E-state index in [0.717, 1.165) is 16.5 Å². The Morgan fingerprint density at radius 1 is 0.526 bits per heavy atom. The molecule has 7 nitrogen and oxygen atoms in total. The second kappa shape index (κ2) is 11.7. The first kappa shape index (κ1) is 32.3. The fourth-order valence-corrected chi connectivity index (χ4v) is 5.72. The molecule has 2 aromatic carbocycles. The molecule has 0 aliphatic carbocycles. The topological polar surface area (TPSA) is 64.6 Å². The summed E-state index contributed by atoms with van der Waals surface area (Å²) in [5.41, 5.74) is 1.78. The highest BCUT2D eigenvalue weighted by molar-refractivity contribution is 6.74. The molecular formula is C29H50O7Si2. The van der Waals surface area contributed by atoms with Crippen LogP contribution in [-0.4, -0.2) is 52.2 Å². The largest absolute Gasteiger partial charge is 0.496 e. The zero-order valence-electron chi connectivity index (χ0n) is 26.3. The number of hydrogen-bond donors (Lipinski definition) is 0. The van der Waals surface area contributed by atoms with Crippen molar-refractivity contribution >= 4 is 27.4 Å². The number of ether oxygens (including phenoxy) is 5. The Morgan fingerprint density at radius 2 is 0.895 bits per heavy atom. The molecule has 9 heteroatoms. The molecule has 2 rings (SSSR count). The quantitative estimate of drug-likeness (QED) is 0.256. The lowest BCUT2D eigenvalue weighted by molar-refractivity contribution is 0.248. The Bertz CT molecular complexity index is 1130. The summed E-state index contributed by atoms with van der Waals surface area (Å²) in [5, 5.41) is 1.55. The third kappa shape index (κ3) is 6.11. The van der Waals surface area contributed by atoms with Gasteiger partial charge in [0, 0.05) is 17.2 Å². The molecule has 0 fully saturated rings. The number of benzene rings is 2. The lowest BCUT2D eigenvalue weighted by Gasteiger charge is -2.38. The predicted octanol–water partition coefficient (Wildman–Crippen LogP) is 7.93. The molecule has 0 bridgehead atoms. The van der Waals surface area contributed by atoms with Crippen LogP contribution in [0.15, 0.2) is 6.07 Å². The fraction of sp³-hybridized carbons (Fsp3) is 0.655. The number of rotatable bonds is 11. The van der Waals surface area contributed by atoms with Crippen LogP contribution in [0.1, 0.15) is 52.7 Å². The third-order valence-corrected chi connectivity index (χ3v) is 17.4. The molecule has 0 amide bonds. The van der Waals surface area contributed by atoms with Gasteiger partial charge in [-0.3, -0.25) is 0 Å². The van der Waals surface area contributed by atoms with Gasteiger partial charge >= 0.3 is 0 Å². The van der Waals surface area contributed by atoms with Crippen molar-refractivity contribution in [3.05, 3.63) is 17.2 Å². The molecule has 38 heavy (non-hydrogen) atoms. The van der Waals surface area contributed by atoms with E-state index in [0.29, 0.717) is 47.3 Å². The monoisotopic (exact) mass is 566 g/mol. The summed E-state index contributed by atoms with van der Waals surface area (Å²) in [6, 6.07) is 1.81. The van der Waals surface area contributed by atoms with Crippen LogP contribution in [0.5, 0.6) is 28.7 Å². The molecule has 216 valence electrons. The molecule has 0 aliphatic heterocycles. The standard InChI is InChI=1S/C29H50O7Si2/c1-28(2,3)37(12,13)35-17-19-20(18-36-38(14,15)29(4,5)6)26(33-10)24-23(25(19)32-9)21(30-7)16-22(31-8)27(24)34-11/h16H,17-18H2,1-15H3. The van der Waals surface area contributed by atoms with E-state index in [1.165, 1.54) is 0 Å². The molecule has 0 aliphatic rings. The summed E-state index contributed by atoms with van der Waals surface area (Å²) in [4.78, 5) is 0. The van der Waals surface area contributed by atoms with Gasteiger partial charge in [0.1, 0.15) is 17.2 Å². The van der Waals surface area contributed by atoms with E-state index in [1.54, 1.807) is 35.5 Å². The minimum atomic E-state index is -2.10. The van der Waals surface area contributed by atoms with Crippen molar-refractivity contribution in [1.29, 1.82) is 0 Å². The highest BCUT2D eigenvalue weighted by Gasteiger charge is 2.40. The van der Waals surface area contributed by atoms with E-state index < -0.39 is 16.6 Å². The first-order valence-corrected chi connectivity index (χ1v) is 18.9. The molecule has 0 spiro atoms. The van der Waals surface area contributed by atoms with Crippen LogP contribution in [-0.2, 0) is 22.1 Å². The summed E-state index contributed by atoms with van der Waals surface area (Å²) < 4.78 is 43.1. The van der Waals surface area contributed by atoms with Gasteiger partial charge in [0.2, 0.25) is 0 Å². The minimum Gasteiger partial charge on any atom is -0.496 e. The van der Waals surface area contributed by atoms with E-state index >= 15 is 0 Å². The fourth-order valence-electron chi connectivity index (χ4n) is 3.84. The highest BCUT2D eigenvalue weighted by atomic mass is 28.4. The highest BCUT2D eigenvalue weighted by Crippen LogP contribution is 2.53. The Labute approximate surface area is 232 Å². The van der Waals surface area contributed by atoms with E-state index in [1.807, 2.05) is 6.07 Å². The maximum atomic E-state index is 6.75. The van der Waals surface area contributed by atoms with Gasteiger partial charge in [0.05, 0.1) is 59.5 Å². The number of hydrogen-bond acceptors (Lipinski definition) is 7. The number of methoxy groups -OCH3 is 5. The minimum absolute atomic E-state index is 0.0447. The van der Waals surface area contributed by atoms with Crippen LogP contribution < -0.4 is 23.7 Å². The molecule has 2 aromatic rings. The van der Waals surface area contributed by atoms with Crippen molar-refractivity contribution in [2.24, 2.45) is 0 Å². The van der Waals surface area contributed by atoms with E-state index in [-0.39, 0.29) is 10.1 Å². The normalized spacial score (nSPS) is 13.0. The van der Waals surface area contributed by atoms with Gasteiger partial charge in [-0.25, -0.2) is 0 Å². The molecule has 0 N–H and O–H groups in total.